The average Bonchev–Trinajstić information content (AvgIpc) is 2.46. The van der Waals surface area contributed by atoms with Gasteiger partial charge in [-0.15, -0.1) is 0 Å². The van der Waals surface area contributed by atoms with E-state index in [1.807, 2.05) is 60.5 Å². The maximum atomic E-state index is 7.39. The Labute approximate surface area is 118 Å². The smallest absolute Gasteiger partial charge is 0.200 e. The van der Waals surface area contributed by atoms with E-state index in [4.69, 9.17) is 6.57 Å². The van der Waals surface area contributed by atoms with Crippen LogP contribution in [0.3, 0.4) is 0 Å². The second-order valence-electron chi connectivity index (χ2n) is 4.67. The van der Waals surface area contributed by atoms with Crippen LogP contribution in [0.5, 0.6) is 0 Å². The van der Waals surface area contributed by atoms with Crippen molar-refractivity contribution in [3.05, 3.63) is 89.3 Å². The molecule has 0 aromatic heterocycles. The number of amidine groups is 1. The van der Waals surface area contributed by atoms with Gasteiger partial charge in [0.15, 0.2) is 5.70 Å². The van der Waals surface area contributed by atoms with Crippen molar-refractivity contribution in [2.24, 2.45) is 4.99 Å². The van der Waals surface area contributed by atoms with Crippen LogP contribution in [0.25, 0.3) is 10.4 Å². The molecule has 0 bridgehead atoms. The summed E-state index contributed by atoms with van der Waals surface area (Å²) in [6, 6.07) is 9.94. The Balaban J connectivity index is 2.13. The van der Waals surface area contributed by atoms with Gasteiger partial charge in [-0.2, -0.15) is 0 Å². The fourth-order valence-electron chi connectivity index (χ4n) is 2.32. The van der Waals surface area contributed by atoms with Crippen LogP contribution >= 0.6 is 0 Å². The molecule has 0 amide bonds. The molecular weight excluding hydrogens is 246 g/mol. The van der Waals surface area contributed by atoms with Crippen LogP contribution in [0, 0.1) is 6.57 Å². The van der Waals surface area contributed by atoms with Crippen molar-refractivity contribution >= 4 is 11.4 Å². The third kappa shape index (κ3) is 1.98. The third-order valence-corrected chi connectivity index (χ3v) is 3.27. The highest BCUT2D eigenvalue weighted by molar-refractivity contribution is 6.04. The van der Waals surface area contributed by atoms with Gasteiger partial charge in [0.2, 0.25) is 0 Å². The van der Waals surface area contributed by atoms with Gasteiger partial charge in [0, 0.05) is 17.5 Å². The molecule has 1 aromatic carbocycles. The van der Waals surface area contributed by atoms with Crippen molar-refractivity contribution in [1.29, 1.82) is 0 Å². The third-order valence-electron chi connectivity index (χ3n) is 3.27. The summed E-state index contributed by atoms with van der Waals surface area (Å²) >= 11 is 0. The Morgan fingerprint density at radius 2 is 1.95 bits per heavy atom. The van der Waals surface area contributed by atoms with E-state index in [-0.39, 0.29) is 0 Å². The second kappa shape index (κ2) is 4.67. The zero-order chi connectivity index (χ0) is 14.1. The fourth-order valence-corrected chi connectivity index (χ4v) is 2.32. The normalized spacial score (nSPS) is 17.4. The van der Waals surface area contributed by atoms with Crippen molar-refractivity contribution in [2.45, 2.75) is 6.92 Å². The molecule has 20 heavy (non-hydrogen) atoms. The highest BCUT2D eigenvalue weighted by Gasteiger charge is 2.22. The summed E-state index contributed by atoms with van der Waals surface area (Å²) in [5.74, 6) is 0.751. The molecule has 96 valence electrons. The van der Waals surface area contributed by atoms with Gasteiger partial charge < -0.3 is 4.90 Å². The highest BCUT2D eigenvalue weighted by Crippen LogP contribution is 2.32. The highest BCUT2D eigenvalue weighted by atomic mass is 15.2. The van der Waals surface area contributed by atoms with Crippen molar-refractivity contribution in [2.75, 3.05) is 0 Å². The predicted molar refractivity (Wildman–Crippen MR) is 81.3 cm³/mol. The largest absolute Gasteiger partial charge is 0.308 e. The Bertz CT molecular complexity index is 740. The van der Waals surface area contributed by atoms with Gasteiger partial charge in [-0.3, -0.25) is 0 Å². The number of hydrogen-bond donors (Lipinski definition) is 0. The van der Waals surface area contributed by atoms with Crippen LogP contribution in [0.2, 0.25) is 0 Å². The zero-order valence-corrected chi connectivity index (χ0v) is 11.2. The first kappa shape index (κ1) is 12.2. The van der Waals surface area contributed by atoms with Gasteiger partial charge >= 0.3 is 0 Å². The lowest BCUT2D eigenvalue weighted by molar-refractivity contribution is 0.679. The molecule has 0 spiro atoms. The van der Waals surface area contributed by atoms with Crippen molar-refractivity contribution in [1.82, 2.24) is 4.90 Å². The molecule has 2 heterocycles. The molecule has 0 fully saturated rings. The SMILES string of the molecule is [C-]#[N+]C1=CC2=NC(=C)C=C(C)N2C=C1c1ccccc1. The van der Waals surface area contributed by atoms with Crippen LogP contribution in [0.15, 0.2) is 77.3 Å². The lowest BCUT2D eigenvalue weighted by atomic mass is 10.0. The first-order chi connectivity index (χ1) is 9.69. The van der Waals surface area contributed by atoms with Gasteiger partial charge in [0.25, 0.3) is 0 Å². The number of hydrogen-bond acceptors (Lipinski definition) is 2. The maximum absolute atomic E-state index is 7.39. The van der Waals surface area contributed by atoms with E-state index in [1.165, 1.54) is 0 Å². The van der Waals surface area contributed by atoms with Gasteiger partial charge in [0.1, 0.15) is 5.84 Å². The van der Waals surface area contributed by atoms with Crippen LogP contribution < -0.4 is 0 Å². The lowest BCUT2D eigenvalue weighted by Crippen LogP contribution is -2.28. The molecule has 0 saturated carbocycles. The molecule has 2 aliphatic heterocycles. The molecule has 0 atom stereocenters. The van der Waals surface area contributed by atoms with E-state index < -0.39 is 0 Å². The molecule has 2 aliphatic rings. The first-order valence-corrected chi connectivity index (χ1v) is 6.31. The van der Waals surface area contributed by atoms with Crippen LogP contribution in [0.4, 0.5) is 0 Å². The van der Waals surface area contributed by atoms with Crippen molar-refractivity contribution in [3.63, 3.8) is 0 Å². The van der Waals surface area contributed by atoms with Crippen LogP contribution in [-0.4, -0.2) is 10.7 Å². The van der Waals surface area contributed by atoms with E-state index >= 15 is 0 Å². The molecule has 0 unspecified atom stereocenters. The number of rotatable bonds is 1. The topological polar surface area (TPSA) is 20.0 Å². The molecule has 3 rings (SSSR count). The van der Waals surface area contributed by atoms with E-state index in [0.717, 1.165) is 22.7 Å². The Morgan fingerprint density at radius 3 is 2.65 bits per heavy atom. The van der Waals surface area contributed by atoms with Crippen LogP contribution in [0.1, 0.15) is 12.5 Å². The summed E-state index contributed by atoms with van der Waals surface area (Å²) in [7, 11) is 0. The summed E-state index contributed by atoms with van der Waals surface area (Å²) in [6.07, 6.45) is 5.72. The number of aliphatic imine (C=N–C) groups is 1. The Morgan fingerprint density at radius 1 is 1.20 bits per heavy atom. The second-order valence-corrected chi connectivity index (χ2v) is 4.67. The summed E-state index contributed by atoms with van der Waals surface area (Å²) in [5.41, 5.74) is 4.32. The van der Waals surface area contributed by atoms with E-state index in [2.05, 4.69) is 16.4 Å². The maximum Gasteiger partial charge on any atom is 0.200 e. The van der Waals surface area contributed by atoms with Gasteiger partial charge in [0.05, 0.1) is 12.3 Å². The molecular formula is C17H13N3. The van der Waals surface area contributed by atoms with Crippen LogP contribution in [-0.2, 0) is 0 Å². The minimum absolute atomic E-state index is 0.605. The van der Waals surface area contributed by atoms with E-state index in [9.17, 15) is 0 Å². The molecule has 3 heteroatoms. The van der Waals surface area contributed by atoms with Crippen molar-refractivity contribution in [3.8, 4) is 0 Å². The number of benzene rings is 1. The van der Waals surface area contributed by atoms with Crippen molar-refractivity contribution < 1.29 is 0 Å². The van der Waals surface area contributed by atoms with Gasteiger partial charge in [-0.1, -0.05) is 36.9 Å². The first-order valence-electron chi connectivity index (χ1n) is 6.31. The summed E-state index contributed by atoms with van der Waals surface area (Å²) in [6.45, 7) is 13.3. The van der Waals surface area contributed by atoms with Gasteiger partial charge in [-0.05, 0) is 24.6 Å². The minimum atomic E-state index is 0.605. The molecule has 0 radical (unpaired) electrons. The monoisotopic (exact) mass is 259 g/mol. The lowest BCUT2D eigenvalue weighted by Gasteiger charge is -2.29. The summed E-state index contributed by atoms with van der Waals surface area (Å²) in [4.78, 5) is 10.0. The van der Waals surface area contributed by atoms with Gasteiger partial charge in [-0.25, -0.2) is 9.84 Å². The minimum Gasteiger partial charge on any atom is -0.308 e. The number of nitrogens with zero attached hydrogens (tertiary/aromatic N) is 3. The number of fused-ring (bicyclic) bond motifs is 1. The van der Waals surface area contributed by atoms with E-state index in [0.29, 0.717) is 11.4 Å². The zero-order valence-electron chi connectivity index (χ0n) is 11.2. The average molecular weight is 259 g/mol. The molecule has 1 aromatic rings. The van der Waals surface area contributed by atoms with E-state index in [1.54, 1.807) is 0 Å². The standard InChI is InChI=1S/C17H13N3/c1-12-9-13(2)20-11-15(14-7-5-4-6-8-14)16(18-3)10-17(20)19-12/h4-11H,1H2,2H3. The predicted octanol–water partition coefficient (Wildman–Crippen LogP) is 3.98. The molecule has 0 saturated heterocycles. The Hall–Kier alpha value is -2.86. The quantitative estimate of drug-likeness (QED) is 0.698. The number of allylic oxidation sites excluding steroid dienone is 3. The molecule has 0 N–H and O–H groups in total. The molecule has 0 aliphatic carbocycles. The Kier molecular flexibility index (Phi) is 2.85. The fraction of sp³-hybridized carbons (Fsp3) is 0.0588. The summed E-state index contributed by atoms with van der Waals surface area (Å²) in [5, 5.41) is 0. The summed E-state index contributed by atoms with van der Waals surface area (Å²) < 4.78 is 0. The molecule has 3 nitrogen and oxygen atoms in total.